The molecule has 1 aromatic heterocycles. The highest BCUT2D eigenvalue weighted by molar-refractivity contribution is 7.03. The average molecular weight is 276 g/mol. The van der Waals surface area contributed by atoms with E-state index >= 15 is 0 Å². The van der Waals surface area contributed by atoms with Crippen molar-refractivity contribution in [3.63, 3.8) is 0 Å². The molecule has 0 radical (unpaired) electrons. The third-order valence-corrected chi connectivity index (χ3v) is 3.60. The molecule has 2 aromatic rings. The number of aliphatic hydroxyl groups excluding tert-OH is 1. The zero-order chi connectivity index (χ0) is 13.8. The minimum Gasteiger partial charge on any atom is -0.387 e. The molecule has 0 spiro atoms. The molecule has 2 N–H and O–H groups in total. The van der Waals surface area contributed by atoms with Gasteiger partial charge in [0.2, 0.25) is 0 Å². The van der Waals surface area contributed by atoms with Crippen molar-refractivity contribution in [2.75, 3.05) is 6.54 Å². The third-order valence-electron chi connectivity index (χ3n) is 2.88. The minimum atomic E-state index is -0.698. The predicted molar refractivity (Wildman–Crippen MR) is 75.3 cm³/mol. The predicted octanol–water partition coefficient (Wildman–Crippen LogP) is 2.22. The van der Waals surface area contributed by atoms with Gasteiger partial charge in [-0.15, -0.1) is 0 Å². The molecule has 2 rings (SSSR count). The zero-order valence-electron chi connectivity index (χ0n) is 10.9. The molecule has 0 aliphatic carbocycles. The van der Waals surface area contributed by atoms with Crippen LogP contribution in [-0.2, 0) is 0 Å². The first-order valence-corrected chi connectivity index (χ1v) is 6.85. The summed E-state index contributed by atoms with van der Waals surface area (Å²) in [6, 6.07) is 7.62. The van der Waals surface area contributed by atoms with E-state index in [9.17, 15) is 9.90 Å². The van der Waals surface area contributed by atoms with E-state index < -0.39 is 6.10 Å². The van der Waals surface area contributed by atoms with Gasteiger partial charge < -0.3 is 10.4 Å². The van der Waals surface area contributed by atoms with Crippen molar-refractivity contribution < 1.29 is 9.90 Å². The molecular weight excluding hydrogens is 260 g/mol. The highest BCUT2D eigenvalue weighted by Gasteiger charge is 2.13. The van der Waals surface area contributed by atoms with E-state index in [4.69, 9.17) is 0 Å². The number of hydrogen-bond acceptors (Lipinski definition) is 4. The third kappa shape index (κ3) is 3.39. The van der Waals surface area contributed by atoms with Crippen molar-refractivity contribution in [3.05, 3.63) is 52.0 Å². The lowest BCUT2D eigenvalue weighted by Gasteiger charge is -2.12. The highest BCUT2D eigenvalue weighted by atomic mass is 32.1. The molecule has 1 amide bonds. The maximum atomic E-state index is 11.9. The number of hydrogen-bond donors (Lipinski definition) is 2. The van der Waals surface area contributed by atoms with Gasteiger partial charge in [0.1, 0.15) is 0 Å². The van der Waals surface area contributed by atoms with Crippen LogP contribution in [0.4, 0.5) is 0 Å². The van der Waals surface area contributed by atoms with E-state index in [-0.39, 0.29) is 12.5 Å². The number of nitrogens with one attached hydrogen (secondary N) is 1. The summed E-state index contributed by atoms with van der Waals surface area (Å²) in [5.41, 5.74) is 3.18. The summed E-state index contributed by atoms with van der Waals surface area (Å²) in [5.74, 6) is -0.196. The number of amides is 1. The van der Waals surface area contributed by atoms with Gasteiger partial charge in [-0.25, -0.2) is 0 Å². The molecule has 0 saturated heterocycles. The molecule has 1 unspecified atom stereocenters. The van der Waals surface area contributed by atoms with Crippen molar-refractivity contribution in [2.45, 2.75) is 20.0 Å². The fraction of sp³-hybridized carbons (Fsp3) is 0.286. The molecule has 0 aliphatic heterocycles. The first-order valence-electron chi connectivity index (χ1n) is 6.01. The Hall–Kier alpha value is -1.72. The van der Waals surface area contributed by atoms with Crippen LogP contribution in [-0.4, -0.2) is 21.9 Å². The summed E-state index contributed by atoms with van der Waals surface area (Å²) in [4.78, 5) is 11.9. The van der Waals surface area contributed by atoms with E-state index in [1.54, 1.807) is 12.3 Å². The van der Waals surface area contributed by atoms with Gasteiger partial charge in [-0.2, -0.15) is 4.37 Å². The van der Waals surface area contributed by atoms with Crippen molar-refractivity contribution in [1.29, 1.82) is 0 Å². The highest BCUT2D eigenvalue weighted by Crippen LogP contribution is 2.14. The zero-order valence-corrected chi connectivity index (χ0v) is 11.7. The number of carbonyl (C=O) groups is 1. The molecule has 100 valence electrons. The topological polar surface area (TPSA) is 62.2 Å². The van der Waals surface area contributed by atoms with Gasteiger partial charge in [0.05, 0.1) is 17.4 Å². The van der Waals surface area contributed by atoms with Crippen molar-refractivity contribution >= 4 is 17.4 Å². The van der Waals surface area contributed by atoms with Crippen LogP contribution in [0.15, 0.2) is 29.6 Å². The van der Waals surface area contributed by atoms with Gasteiger partial charge in [-0.05, 0) is 30.9 Å². The first kappa shape index (κ1) is 13.7. The van der Waals surface area contributed by atoms with Crippen molar-refractivity contribution in [3.8, 4) is 0 Å². The Balaban J connectivity index is 1.96. The molecule has 4 nitrogen and oxygen atoms in total. The second-order valence-corrected chi connectivity index (χ2v) is 5.08. The van der Waals surface area contributed by atoms with Crippen molar-refractivity contribution in [2.24, 2.45) is 0 Å². The summed E-state index contributed by atoms with van der Waals surface area (Å²) in [7, 11) is 0. The maximum Gasteiger partial charge on any atom is 0.254 e. The Morgan fingerprint density at radius 2 is 2.26 bits per heavy atom. The van der Waals surface area contributed by atoms with E-state index in [1.165, 1.54) is 11.5 Å². The fourth-order valence-corrected chi connectivity index (χ4v) is 2.48. The smallest absolute Gasteiger partial charge is 0.254 e. The number of carbonyl (C=O) groups excluding carboxylic acids is 1. The molecule has 1 aromatic carbocycles. The van der Waals surface area contributed by atoms with Gasteiger partial charge in [0.25, 0.3) is 5.91 Å². The number of rotatable bonds is 4. The molecular formula is C14H16N2O2S. The van der Waals surface area contributed by atoms with E-state index in [2.05, 4.69) is 9.69 Å². The lowest BCUT2D eigenvalue weighted by atomic mass is 10.1. The van der Waals surface area contributed by atoms with E-state index in [1.807, 2.05) is 31.2 Å². The quantitative estimate of drug-likeness (QED) is 0.900. The molecule has 0 saturated carbocycles. The maximum absolute atomic E-state index is 11.9. The Bertz CT molecular complexity index is 580. The summed E-state index contributed by atoms with van der Waals surface area (Å²) in [6.45, 7) is 3.95. The van der Waals surface area contributed by atoms with Gasteiger partial charge >= 0.3 is 0 Å². The Kier molecular flexibility index (Phi) is 4.29. The SMILES string of the molecule is Cc1cccc(C(O)CNC(=O)c2csnc2C)c1. The first-order chi connectivity index (χ1) is 9.08. The van der Waals surface area contributed by atoms with Crippen LogP contribution in [0.2, 0.25) is 0 Å². The molecule has 1 heterocycles. The van der Waals surface area contributed by atoms with Crippen molar-refractivity contribution in [1.82, 2.24) is 9.69 Å². The second-order valence-electron chi connectivity index (χ2n) is 4.45. The van der Waals surface area contributed by atoms with Crippen LogP contribution in [0.25, 0.3) is 0 Å². The summed E-state index contributed by atoms with van der Waals surface area (Å²) in [6.07, 6.45) is -0.698. The molecule has 0 fully saturated rings. The molecule has 1 atom stereocenters. The Morgan fingerprint density at radius 1 is 1.47 bits per heavy atom. The van der Waals surface area contributed by atoms with Crippen LogP contribution in [0, 0.1) is 13.8 Å². The summed E-state index contributed by atoms with van der Waals surface area (Å²) in [5, 5.41) is 14.5. The summed E-state index contributed by atoms with van der Waals surface area (Å²) < 4.78 is 4.05. The van der Waals surface area contributed by atoms with E-state index in [0.29, 0.717) is 11.3 Å². The minimum absolute atomic E-state index is 0.192. The Labute approximate surface area is 116 Å². The number of aromatic nitrogens is 1. The monoisotopic (exact) mass is 276 g/mol. The number of aryl methyl sites for hydroxylation is 2. The number of nitrogens with zero attached hydrogens (tertiary/aromatic N) is 1. The molecule has 0 bridgehead atoms. The van der Waals surface area contributed by atoms with Crippen LogP contribution in [0.5, 0.6) is 0 Å². The van der Waals surface area contributed by atoms with Gasteiger partial charge in [0, 0.05) is 11.9 Å². The second kappa shape index (κ2) is 5.95. The largest absolute Gasteiger partial charge is 0.387 e. The van der Waals surface area contributed by atoms with Gasteiger partial charge in [-0.1, -0.05) is 29.8 Å². The van der Waals surface area contributed by atoms with Crippen LogP contribution in [0.1, 0.15) is 33.3 Å². The molecule has 19 heavy (non-hydrogen) atoms. The molecule has 0 aliphatic rings. The normalized spacial score (nSPS) is 12.2. The molecule has 5 heteroatoms. The average Bonchev–Trinajstić information content (AvgIpc) is 2.82. The van der Waals surface area contributed by atoms with Gasteiger partial charge in [-0.3, -0.25) is 4.79 Å². The van der Waals surface area contributed by atoms with Crippen LogP contribution >= 0.6 is 11.5 Å². The number of benzene rings is 1. The lowest BCUT2D eigenvalue weighted by molar-refractivity contribution is 0.0916. The Morgan fingerprint density at radius 3 is 2.89 bits per heavy atom. The summed E-state index contributed by atoms with van der Waals surface area (Å²) >= 11 is 1.25. The standard InChI is InChI=1S/C14H16N2O2S/c1-9-4-3-5-11(6-9)13(17)7-15-14(18)12-8-19-16-10(12)2/h3-6,8,13,17H,7H2,1-2H3,(H,15,18). The van der Waals surface area contributed by atoms with E-state index in [0.717, 1.165) is 11.1 Å². The fourth-order valence-electron chi connectivity index (χ4n) is 1.79. The van der Waals surface area contributed by atoms with Crippen LogP contribution in [0.3, 0.4) is 0 Å². The van der Waals surface area contributed by atoms with Crippen LogP contribution < -0.4 is 5.32 Å². The number of aliphatic hydroxyl groups is 1. The lowest BCUT2D eigenvalue weighted by Crippen LogP contribution is -2.28. The van der Waals surface area contributed by atoms with Gasteiger partial charge in [0.15, 0.2) is 0 Å².